The van der Waals surface area contributed by atoms with E-state index in [1.165, 1.54) is 0 Å². The van der Waals surface area contributed by atoms with E-state index in [0.29, 0.717) is 16.4 Å². The molecule has 1 heterocycles. The van der Waals surface area contributed by atoms with E-state index in [1.54, 1.807) is 28.9 Å². The van der Waals surface area contributed by atoms with Gasteiger partial charge in [0, 0.05) is 5.02 Å². The zero-order chi connectivity index (χ0) is 14.2. The van der Waals surface area contributed by atoms with Crippen LogP contribution in [0.2, 0.25) is 5.02 Å². The molecule has 0 saturated heterocycles. The first-order chi connectivity index (χ1) is 9.53. The van der Waals surface area contributed by atoms with Crippen molar-refractivity contribution in [3.05, 3.63) is 40.7 Å². The van der Waals surface area contributed by atoms with Crippen LogP contribution < -0.4 is 0 Å². The van der Waals surface area contributed by atoms with Crippen molar-refractivity contribution < 1.29 is 8.42 Å². The van der Waals surface area contributed by atoms with Crippen LogP contribution in [0.5, 0.6) is 0 Å². The van der Waals surface area contributed by atoms with Gasteiger partial charge < -0.3 is 0 Å². The Bertz CT molecular complexity index is 725. The number of hydrogen-bond donors (Lipinski definition) is 0. The number of benzene rings is 1. The molecule has 3 rings (SSSR count). The van der Waals surface area contributed by atoms with Gasteiger partial charge in [-0.3, -0.25) is 0 Å². The van der Waals surface area contributed by atoms with Gasteiger partial charge in [0.15, 0.2) is 15.7 Å². The molecule has 1 fully saturated rings. The molecule has 0 unspecified atom stereocenters. The Morgan fingerprint density at radius 3 is 2.80 bits per heavy atom. The molecule has 1 aliphatic carbocycles. The van der Waals surface area contributed by atoms with Gasteiger partial charge in [-0.1, -0.05) is 23.7 Å². The summed E-state index contributed by atoms with van der Waals surface area (Å²) in [6, 6.07) is 7.12. The molecule has 0 spiro atoms. The summed E-state index contributed by atoms with van der Waals surface area (Å²) in [4.78, 5) is 0. The second-order valence-corrected chi connectivity index (χ2v) is 7.43. The standard InChI is InChI=1S/C12H13ClN4O2S/c13-10-3-1-2-9(6-10)7-20(18,19)8-12-14-15-16-17(12)11-4-5-11/h1-3,6,11H,4-5,7-8H2. The molecule has 106 valence electrons. The van der Waals surface area contributed by atoms with Gasteiger partial charge in [-0.2, -0.15) is 0 Å². The summed E-state index contributed by atoms with van der Waals surface area (Å²) in [6.45, 7) is 0. The molecule has 0 atom stereocenters. The highest BCUT2D eigenvalue weighted by Crippen LogP contribution is 2.34. The number of sulfone groups is 1. The first kappa shape index (κ1) is 13.5. The number of hydrogen-bond acceptors (Lipinski definition) is 5. The molecule has 2 aromatic rings. The minimum atomic E-state index is -3.32. The number of halogens is 1. The first-order valence-electron chi connectivity index (χ1n) is 6.25. The Labute approximate surface area is 121 Å². The predicted octanol–water partition coefficient (Wildman–Crippen LogP) is 1.78. The maximum atomic E-state index is 12.2. The second-order valence-electron chi connectivity index (χ2n) is 4.93. The topological polar surface area (TPSA) is 77.7 Å². The first-order valence-corrected chi connectivity index (χ1v) is 8.45. The van der Waals surface area contributed by atoms with Crippen molar-refractivity contribution in [3.8, 4) is 0 Å². The monoisotopic (exact) mass is 312 g/mol. The van der Waals surface area contributed by atoms with E-state index in [0.717, 1.165) is 12.8 Å². The second kappa shape index (κ2) is 5.14. The van der Waals surface area contributed by atoms with E-state index in [-0.39, 0.29) is 17.5 Å². The molecular formula is C12H13ClN4O2S. The summed E-state index contributed by atoms with van der Waals surface area (Å²) >= 11 is 5.86. The van der Waals surface area contributed by atoms with Crippen LogP contribution in [0.3, 0.4) is 0 Å². The molecule has 0 amide bonds. The third kappa shape index (κ3) is 3.16. The van der Waals surface area contributed by atoms with Crippen molar-refractivity contribution >= 4 is 21.4 Å². The van der Waals surface area contributed by atoms with Crippen molar-refractivity contribution in [1.29, 1.82) is 0 Å². The van der Waals surface area contributed by atoms with E-state index < -0.39 is 9.84 Å². The van der Waals surface area contributed by atoms with E-state index in [1.807, 2.05) is 0 Å². The quantitative estimate of drug-likeness (QED) is 0.841. The van der Waals surface area contributed by atoms with E-state index in [2.05, 4.69) is 15.5 Å². The molecule has 8 heteroatoms. The molecule has 1 saturated carbocycles. The number of rotatable bonds is 5. The zero-order valence-corrected chi connectivity index (χ0v) is 12.2. The van der Waals surface area contributed by atoms with Crippen molar-refractivity contribution in [2.75, 3.05) is 0 Å². The van der Waals surface area contributed by atoms with E-state index >= 15 is 0 Å². The van der Waals surface area contributed by atoms with Crippen LogP contribution in [0.25, 0.3) is 0 Å². The van der Waals surface area contributed by atoms with Crippen molar-refractivity contribution in [1.82, 2.24) is 20.2 Å². The van der Waals surface area contributed by atoms with Crippen LogP contribution in [0.4, 0.5) is 0 Å². The Hall–Kier alpha value is -1.47. The molecule has 20 heavy (non-hydrogen) atoms. The average Bonchev–Trinajstić information content (AvgIpc) is 3.10. The fraction of sp³-hybridized carbons (Fsp3) is 0.417. The van der Waals surface area contributed by atoms with Crippen LogP contribution >= 0.6 is 11.6 Å². The highest BCUT2D eigenvalue weighted by Gasteiger charge is 2.29. The summed E-state index contributed by atoms with van der Waals surface area (Å²) in [5.74, 6) is 0.197. The minimum absolute atomic E-state index is 0.0644. The van der Waals surface area contributed by atoms with Gasteiger partial charge >= 0.3 is 0 Å². The summed E-state index contributed by atoms with van der Waals surface area (Å²) in [5, 5.41) is 11.8. The molecule has 0 radical (unpaired) electrons. The lowest BCUT2D eigenvalue weighted by Gasteiger charge is -2.05. The lowest BCUT2D eigenvalue weighted by Crippen LogP contribution is -2.13. The average molecular weight is 313 g/mol. The molecule has 6 nitrogen and oxygen atoms in total. The van der Waals surface area contributed by atoms with Gasteiger partial charge in [0.1, 0.15) is 5.75 Å². The zero-order valence-electron chi connectivity index (χ0n) is 10.6. The fourth-order valence-electron chi connectivity index (χ4n) is 2.04. The minimum Gasteiger partial charge on any atom is -0.228 e. The van der Waals surface area contributed by atoms with Crippen LogP contribution in [0.1, 0.15) is 30.3 Å². The predicted molar refractivity (Wildman–Crippen MR) is 73.9 cm³/mol. The highest BCUT2D eigenvalue weighted by atomic mass is 35.5. The maximum Gasteiger partial charge on any atom is 0.166 e. The van der Waals surface area contributed by atoms with Crippen molar-refractivity contribution in [2.24, 2.45) is 0 Å². The van der Waals surface area contributed by atoms with Gasteiger partial charge in [0.2, 0.25) is 0 Å². The van der Waals surface area contributed by atoms with Crippen molar-refractivity contribution in [3.63, 3.8) is 0 Å². The normalized spacial score (nSPS) is 15.4. The maximum absolute atomic E-state index is 12.2. The molecule has 1 aliphatic rings. The molecule has 1 aromatic carbocycles. The van der Waals surface area contributed by atoms with Crippen molar-refractivity contribution in [2.45, 2.75) is 30.4 Å². The Morgan fingerprint density at radius 1 is 1.30 bits per heavy atom. The van der Waals surface area contributed by atoms with E-state index in [4.69, 9.17) is 11.6 Å². The van der Waals surface area contributed by atoms with Crippen LogP contribution in [-0.4, -0.2) is 28.6 Å². The Morgan fingerprint density at radius 2 is 2.10 bits per heavy atom. The summed E-state index contributed by atoms with van der Waals surface area (Å²) in [5.41, 5.74) is 0.669. The van der Waals surface area contributed by atoms with Crippen LogP contribution in [0, 0.1) is 0 Å². The van der Waals surface area contributed by atoms with E-state index in [9.17, 15) is 8.42 Å². The molecule has 1 aromatic heterocycles. The van der Waals surface area contributed by atoms with Gasteiger partial charge in [0.25, 0.3) is 0 Å². The highest BCUT2D eigenvalue weighted by molar-refractivity contribution is 7.89. The third-order valence-corrected chi connectivity index (χ3v) is 4.78. The Balaban J connectivity index is 1.76. The van der Waals surface area contributed by atoms with Gasteiger partial charge in [-0.25, -0.2) is 13.1 Å². The van der Waals surface area contributed by atoms with Gasteiger partial charge in [-0.15, -0.1) is 5.10 Å². The summed E-state index contributed by atoms with van der Waals surface area (Å²) < 4.78 is 26.1. The molecule has 0 bridgehead atoms. The molecular weight excluding hydrogens is 300 g/mol. The Kier molecular flexibility index (Phi) is 3.47. The van der Waals surface area contributed by atoms with Gasteiger partial charge in [0.05, 0.1) is 11.8 Å². The number of tetrazole rings is 1. The SMILES string of the molecule is O=S(=O)(Cc1cccc(Cl)c1)Cc1nnnn1C1CC1. The summed E-state index contributed by atoms with van der Waals surface area (Å²) in [7, 11) is -3.32. The number of nitrogens with zero attached hydrogens (tertiary/aromatic N) is 4. The van der Waals surface area contributed by atoms with Crippen LogP contribution in [0.15, 0.2) is 24.3 Å². The number of aromatic nitrogens is 4. The smallest absolute Gasteiger partial charge is 0.166 e. The van der Waals surface area contributed by atoms with Gasteiger partial charge in [-0.05, 0) is 41.0 Å². The third-order valence-electron chi connectivity index (χ3n) is 3.08. The lowest BCUT2D eigenvalue weighted by atomic mass is 10.2. The lowest BCUT2D eigenvalue weighted by molar-refractivity contribution is 0.574. The summed E-state index contributed by atoms with van der Waals surface area (Å²) in [6.07, 6.45) is 2.01. The molecule has 0 aliphatic heterocycles. The van der Waals surface area contributed by atoms with Crippen LogP contribution in [-0.2, 0) is 21.3 Å². The fourth-order valence-corrected chi connectivity index (χ4v) is 3.62. The molecule has 0 N–H and O–H groups in total. The largest absolute Gasteiger partial charge is 0.228 e.